The number of hydrogen-bond acceptors (Lipinski definition) is 4. The Kier molecular flexibility index (Phi) is 5.51. The minimum atomic E-state index is -3.79. The molecule has 1 aromatic heterocycles. The van der Waals surface area contributed by atoms with Crippen molar-refractivity contribution in [1.82, 2.24) is 9.82 Å². The smallest absolute Gasteiger partial charge is 0.240 e. The molecule has 2 aromatic carbocycles. The zero-order valence-electron chi connectivity index (χ0n) is 16.8. The maximum absolute atomic E-state index is 12.8. The fourth-order valence-corrected chi connectivity index (χ4v) is 4.64. The Hall–Kier alpha value is -2.51. The molecule has 0 bridgehead atoms. The molecule has 1 N–H and O–H groups in total. The molecule has 7 heteroatoms. The van der Waals surface area contributed by atoms with Crippen LogP contribution < -0.4 is 4.83 Å². The third-order valence-corrected chi connectivity index (χ3v) is 7.04. The quantitative estimate of drug-likeness (QED) is 0.308. The number of pyridine rings is 1. The topological polar surface area (TPSA) is 71.4 Å². The molecule has 1 heterocycles. The van der Waals surface area contributed by atoms with Gasteiger partial charge in [0.15, 0.2) is 0 Å². The minimum absolute atomic E-state index is 0.179. The molecular formula is C23H22BrN3O2S. The van der Waals surface area contributed by atoms with Crippen LogP contribution in [0.4, 0.5) is 0 Å². The predicted molar refractivity (Wildman–Crippen MR) is 122 cm³/mol. The largest absolute Gasteiger partial charge is 0.276 e. The van der Waals surface area contributed by atoms with Crippen molar-refractivity contribution in [2.45, 2.75) is 37.0 Å². The molecule has 1 saturated carbocycles. The third kappa shape index (κ3) is 4.18. The summed E-state index contributed by atoms with van der Waals surface area (Å²) in [6.45, 7) is 3.96. The molecule has 0 saturated heterocycles. The monoisotopic (exact) mass is 483 g/mol. The molecule has 4 rings (SSSR count). The van der Waals surface area contributed by atoms with Gasteiger partial charge >= 0.3 is 0 Å². The summed E-state index contributed by atoms with van der Waals surface area (Å²) in [7, 11) is -3.79. The van der Waals surface area contributed by atoms with Crippen molar-refractivity contribution in [3.8, 4) is 0 Å². The molecule has 1 aliphatic carbocycles. The fraction of sp³-hybridized carbons (Fsp3) is 0.217. The number of rotatable bonds is 6. The molecule has 0 amide bonds. The van der Waals surface area contributed by atoms with Gasteiger partial charge in [0.2, 0.25) is 0 Å². The van der Waals surface area contributed by atoms with Gasteiger partial charge in [0, 0.05) is 5.41 Å². The van der Waals surface area contributed by atoms with E-state index in [1.54, 1.807) is 24.3 Å². The van der Waals surface area contributed by atoms with Crippen LogP contribution in [0.2, 0.25) is 0 Å². The van der Waals surface area contributed by atoms with Crippen molar-refractivity contribution in [3.63, 3.8) is 0 Å². The summed E-state index contributed by atoms with van der Waals surface area (Å²) in [6, 6.07) is 20.6. The van der Waals surface area contributed by atoms with E-state index in [4.69, 9.17) is 0 Å². The van der Waals surface area contributed by atoms with E-state index >= 15 is 0 Å². The maximum atomic E-state index is 12.8. The Morgan fingerprint density at radius 1 is 0.967 bits per heavy atom. The van der Waals surface area contributed by atoms with E-state index in [0.29, 0.717) is 16.0 Å². The van der Waals surface area contributed by atoms with Gasteiger partial charge in [0.25, 0.3) is 10.0 Å². The lowest BCUT2D eigenvalue weighted by Gasteiger charge is -2.19. The molecular weight excluding hydrogens is 462 g/mol. The highest BCUT2D eigenvalue weighted by Crippen LogP contribution is 2.50. The molecule has 1 aliphatic rings. The molecule has 3 aromatic rings. The highest BCUT2D eigenvalue weighted by atomic mass is 79.9. The SMILES string of the molecule is Cc1ccc(C2(/C(=N/NS(=O)(=O)c3ccc(C)cc3)c3cccc(Br)n3)CC2)cc1. The normalized spacial score (nSPS) is 15.6. The van der Waals surface area contributed by atoms with Crippen LogP contribution in [-0.4, -0.2) is 19.1 Å². The Labute approximate surface area is 185 Å². The fourth-order valence-electron chi connectivity index (χ4n) is 3.49. The maximum Gasteiger partial charge on any atom is 0.276 e. The van der Waals surface area contributed by atoms with E-state index in [0.717, 1.165) is 24.0 Å². The number of hydrazone groups is 1. The van der Waals surface area contributed by atoms with Gasteiger partial charge in [0.05, 0.1) is 16.3 Å². The van der Waals surface area contributed by atoms with E-state index in [1.165, 1.54) is 5.56 Å². The second-order valence-electron chi connectivity index (χ2n) is 7.66. The summed E-state index contributed by atoms with van der Waals surface area (Å²) in [5.74, 6) is 0. The molecule has 30 heavy (non-hydrogen) atoms. The lowest BCUT2D eigenvalue weighted by Crippen LogP contribution is -2.28. The van der Waals surface area contributed by atoms with Crippen LogP contribution in [-0.2, 0) is 15.4 Å². The van der Waals surface area contributed by atoms with Gasteiger partial charge in [-0.1, -0.05) is 53.6 Å². The van der Waals surface area contributed by atoms with Crippen molar-refractivity contribution in [2.24, 2.45) is 5.10 Å². The Bertz CT molecular complexity index is 1200. The van der Waals surface area contributed by atoms with Crippen LogP contribution in [0.25, 0.3) is 0 Å². The Morgan fingerprint density at radius 3 is 2.13 bits per heavy atom. The standard InChI is InChI=1S/C23H22BrN3O2S/c1-16-6-10-18(11-7-16)23(14-15-23)22(20-4-3-5-21(24)25-20)26-27-30(28,29)19-12-8-17(2)9-13-19/h3-13,27H,14-15H2,1-2H3/b26-22+. The number of halogens is 1. The van der Waals surface area contributed by atoms with Gasteiger partial charge in [-0.15, -0.1) is 0 Å². The molecule has 0 spiro atoms. The van der Waals surface area contributed by atoms with Crippen LogP contribution >= 0.6 is 15.9 Å². The van der Waals surface area contributed by atoms with Gasteiger partial charge in [-0.05, 0) is 72.4 Å². The second-order valence-corrected chi connectivity index (χ2v) is 10.1. The number of hydrogen-bond donors (Lipinski definition) is 1. The first-order valence-corrected chi connectivity index (χ1v) is 11.9. The van der Waals surface area contributed by atoms with E-state index < -0.39 is 10.0 Å². The van der Waals surface area contributed by atoms with E-state index in [9.17, 15) is 8.42 Å². The van der Waals surface area contributed by atoms with E-state index in [2.05, 4.69) is 55.1 Å². The third-order valence-electron chi connectivity index (χ3n) is 5.37. The van der Waals surface area contributed by atoms with Crippen molar-refractivity contribution in [3.05, 3.63) is 93.7 Å². The minimum Gasteiger partial charge on any atom is -0.240 e. The van der Waals surface area contributed by atoms with E-state index in [1.807, 2.05) is 32.0 Å². The second kappa shape index (κ2) is 7.96. The highest BCUT2D eigenvalue weighted by molar-refractivity contribution is 9.10. The number of sulfonamides is 1. The van der Waals surface area contributed by atoms with Crippen LogP contribution in [0.5, 0.6) is 0 Å². The van der Waals surface area contributed by atoms with Crippen LogP contribution in [0.3, 0.4) is 0 Å². The van der Waals surface area contributed by atoms with Gasteiger partial charge in [0.1, 0.15) is 4.60 Å². The Morgan fingerprint density at radius 2 is 1.57 bits per heavy atom. The van der Waals surface area contributed by atoms with Crippen molar-refractivity contribution >= 4 is 31.7 Å². The lowest BCUT2D eigenvalue weighted by atomic mass is 9.88. The summed E-state index contributed by atoms with van der Waals surface area (Å²) < 4.78 is 26.3. The zero-order chi connectivity index (χ0) is 21.4. The molecule has 0 atom stereocenters. The molecule has 154 valence electrons. The Balaban J connectivity index is 1.76. The summed E-state index contributed by atoms with van der Waals surface area (Å²) >= 11 is 3.41. The van der Waals surface area contributed by atoms with Gasteiger partial charge in [-0.2, -0.15) is 18.4 Å². The summed E-state index contributed by atoms with van der Waals surface area (Å²) in [5, 5.41) is 4.43. The zero-order valence-corrected chi connectivity index (χ0v) is 19.2. The van der Waals surface area contributed by atoms with Gasteiger partial charge < -0.3 is 0 Å². The van der Waals surface area contributed by atoms with Crippen LogP contribution in [0, 0.1) is 13.8 Å². The molecule has 0 radical (unpaired) electrons. The number of benzene rings is 2. The average Bonchev–Trinajstić information content (AvgIpc) is 3.51. The lowest BCUT2D eigenvalue weighted by molar-refractivity contribution is 0.584. The molecule has 0 unspecified atom stereocenters. The number of aromatic nitrogens is 1. The molecule has 0 aliphatic heterocycles. The number of nitrogens with one attached hydrogen (secondary N) is 1. The highest BCUT2D eigenvalue weighted by Gasteiger charge is 2.50. The van der Waals surface area contributed by atoms with Gasteiger partial charge in [-0.25, -0.2) is 4.98 Å². The molecule has 1 fully saturated rings. The number of aryl methyl sites for hydroxylation is 2. The summed E-state index contributed by atoms with van der Waals surface area (Å²) in [5.41, 5.74) is 4.21. The predicted octanol–water partition coefficient (Wildman–Crippen LogP) is 4.88. The number of nitrogens with zero attached hydrogens (tertiary/aromatic N) is 2. The first-order chi connectivity index (χ1) is 14.3. The van der Waals surface area contributed by atoms with Crippen molar-refractivity contribution in [2.75, 3.05) is 0 Å². The average molecular weight is 484 g/mol. The van der Waals surface area contributed by atoms with Crippen LogP contribution in [0.15, 0.2) is 81.3 Å². The summed E-state index contributed by atoms with van der Waals surface area (Å²) in [4.78, 5) is 7.18. The summed E-state index contributed by atoms with van der Waals surface area (Å²) in [6.07, 6.45) is 1.77. The van der Waals surface area contributed by atoms with E-state index in [-0.39, 0.29) is 10.3 Å². The van der Waals surface area contributed by atoms with Crippen molar-refractivity contribution < 1.29 is 8.42 Å². The first-order valence-electron chi connectivity index (χ1n) is 9.67. The first kappa shape index (κ1) is 20.8. The van der Waals surface area contributed by atoms with Crippen LogP contribution in [0.1, 0.15) is 35.2 Å². The van der Waals surface area contributed by atoms with Gasteiger partial charge in [-0.3, -0.25) is 0 Å². The molecule has 5 nitrogen and oxygen atoms in total. The van der Waals surface area contributed by atoms with Crippen molar-refractivity contribution in [1.29, 1.82) is 0 Å².